The Morgan fingerprint density at radius 2 is 1.58 bits per heavy atom. The molecule has 0 spiro atoms. The average Bonchev–Trinajstić information content (AvgIpc) is 3.16. The van der Waals surface area contributed by atoms with Crippen LogP contribution in [-0.2, 0) is 9.59 Å². The number of hydrogen-bond donors (Lipinski definition) is 0. The van der Waals surface area contributed by atoms with Crippen molar-refractivity contribution in [2.75, 3.05) is 26.2 Å². The van der Waals surface area contributed by atoms with Crippen LogP contribution in [0.5, 0.6) is 0 Å². The molecule has 1 aliphatic carbocycles. The highest BCUT2D eigenvalue weighted by Crippen LogP contribution is 2.42. The first-order valence-electron chi connectivity index (χ1n) is 9.76. The number of nitrogens with zero attached hydrogens (tertiary/aromatic N) is 2. The molecule has 24 heavy (non-hydrogen) atoms. The second kappa shape index (κ2) is 6.34. The van der Waals surface area contributed by atoms with Gasteiger partial charge in [-0.3, -0.25) is 9.59 Å². The Kier molecular flexibility index (Phi) is 4.69. The van der Waals surface area contributed by atoms with Gasteiger partial charge in [0.15, 0.2) is 0 Å². The van der Waals surface area contributed by atoms with Gasteiger partial charge in [0.25, 0.3) is 0 Å². The maximum atomic E-state index is 12.6. The molecule has 1 saturated carbocycles. The van der Waals surface area contributed by atoms with Crippen LogP contribution in [0.25, 0.3) is 0 Å². The zero-order valence-corrected chi connectivity index (χ0v) is 16.0. The lowest BCUT2D eigenvalue weighted by atomic mass is 9.69. The molecule has 2 saturated heterocycles. The summed E-state index contributed by atoms with van der Waals surface area (Å²) in [6.45, 7) is 14.8. The van der Waals surface area contributed by atoms with Crippen LogP contribution in [0.2, 0.25) is 0 Å². The number of rotatable bonds is 6. The summed E-state index contributed by atoms with van der Waals surface area (Å²) < 4.78 is 0. The molecule has 2 aliphatic heterocycles. The fourth-order valence-electron chi connectivity index (χ4n) is 4.21. The smallest absolute Gasteiger partial charge is 0.225 e. The number of carbonyl (C=O) groups excluding carboxylic acids is 2. The van der Waals surface area contributed by atoms with Crippen LogP contribution >= 0.6 is 0 Å². The zero-order valence-electron chi connectivity index (χ0n) is 16.0. The summed E-state index contributed by atoms with van der Waals surface area (Å²) in [5.41, 5.74) is 0.123. The molecule has 2 amide bonds. The van der Waals surface area contributed by atoms with E-state index in [1.54, 1.807) is 0 Å². The summed E-state index contributed by atoms with van der Waals surface area (Å²) in [5, 5.41) is 0. The normalized spacial score (nSPS) is 23.9. The molecule has 2 heterocycles. The minimum Gasteiger partial charge on any atom is -0.342 e. The van der Waals surface area contributed by atoms with Gasteiger partial charge in [-0.15, -0.1) is 0 Å². The fourth-order valence-corrected chi connectivity index (χ4v) is 4.21. The summed E-state index contributed by atoms with van der Waals surface area (Å²) in [7, 11) is 0. The van der Waals surface area contributed by atoms with E-state index in [1.165, 1.54) is 0 Å². The van der Waals surface area contributed by atoms with Crippen molar-refractivity contribution >= 4 is 11.8 Å². The minimum absolute atomic E-state index is 0.0845. The van der Waals surface area contributed by atoms with Crippen molar-refractivity contribution in [3.63, 3.8) is 0 Å². The molecule has 4 nitrogen and oxygen atoms in total. The Morgan fingerprint density at radius 1 is 1.00 bits per heavy atom. The first-order chi connectivity index (χ1) is 11.2. The monoisotopic (exact) mass is 334 g/mol. The summed E-state index contributed by atoms with van der Waals surface area (Å²) in [4.78, 5) is 28.8. The Morgan fingerprint density at radius 3 is 2.08 bits per heavy atom. The molecule has 3 rings (SSSR count). The first-order valence-corrected chi connectivity index (χ1v) is 9.76. The highest BCUT2D eigenvalue weighted by molar-refractivity contribution is 5.82. The SMILES string of the molecule is CC(CC(C)(C)C1CN(C(=O)C2CC2)C1)C(=O)N1CC(C(C)C)C1. The molecule has 0 radical (unpaired) electrons. The van der Waals surface area contributed by atoms with Crippen molar-refractivity contribution in [1.82, 2.24) is 9.80 Å². The van der Waals surface area contributed by atoms with E-state index in [0.717, 1.165) is 45.4 Å². The van der Waals surface area contributed by atoms with Gasteiger partial charge in [-0.25, -0.2) is 0 Å². The molecule has 3 fully saturated rings. The standard InChI is InChI=1S/C20H34N2O2/c1-13(2)16-9-21(10-16)18(23)14(3)8-20(4,5)17-11-22(12-17)19(24)15-6-7-15/h13-17H,6-12H2,1-5H3. The second-order valence-corrected chi connectivity index (χ2v) is 9.56. The fraction of sp³-hybridized carbons (Fsp3) is 0.900. The number of carbonyl (C=O) groups is 2. The zero-order chi connectivity index (χ0) is 17.6. The van der Waals surface area contributed by atoms with Gasteiger partial charge in [0.1, 0.15) is 0 Å². The number of amides is 2. The third kappa shape index (κ3) is 3.48. The van der Waals surface area contributed by atoms with Gasteiger partial charge >= 0.3 is 0 Å². The van der Waals surface area contributed by atoms with E-state index in [1.807, 2.05) is 9.80 Å². The molecule has 4 heteroatoms. The lowest BCUT2D eigenvalue weighted by Crippen LogP contribution is -2.57. The molecule has 0 N–H and O–H groups in total. The van der Waals surface area contributed by atoms with Crippen LogP contribution in [-0.4, -0.2) is 47.8 Å². The quantitative estimate of drug-likeness (QED) is 0.749. The van der Waals surface area contributed by atoms with Crippen LogP contribution in [0.15, 0.2) is 0 Å². The molecule has 1 atom stereocenters. The predicted molar refractivity (Wildman–Crippen MR) is 95.3 cm³/mol. The van der Waals surface area contributed by atoms with Crippen molar-refractivity contribution < 1.29 is 9.59 Å². The van der Waals surface area contributed by atoms with Crippen LogP contribution < -0.4 is 0 Å². The number of likely N-dealkylation sites (tertiary alicyclic amines) is 2. The van der Waals surface area contributed by atoms with Crippen LogP contribution in [0.4, 0.5) is 0 Å². The molecule has 3 aliphatic rings. The predicted octanol–water partition coefficient (Wildman–Crippen LogP) is 3.02. The van der Waals surface area contributed by atoms with Gasteiger partial charge in [0, 0.05) is 38.0 Å². The third-order valence-corrected chi connectivity index (χ3v) is 6.64. The molecule has 0 aromatic carbocycles. The second-order valence-electron chi connectivity index (χ2n) is 9.56. The van der Waals surface area contributed by atoms with E-state index in [2.05, 4.69) is 34.6 Å². The number of hydrogen-bond acceptors (Lipinski definition) is 2. The first kappa shape index (κ1) is 17.8. The van der Waals surface area contributed by atoms with Gasteiger partial charge in [0.2, 0.25) is 11.8 Å². The Hall–Kier alpha value is -1.06. The molecule has 0 aromatic heterocycles. The lowest BCUT2D eigenvalue weighted by molar-refractivity contribution is -0.147. The van der Waals surface area contributed by atoms with Crippen molar-refractivity contribution in [3.05, 3.63) is 0 Å². The summed E-state index contributed by atoms with van der Waals surface area (Å²) in [5.74, 6) is 3.00. The molecule has 0 aromatic rings. The summed E-state index contributed by atoms with van der Waals surface area (Å²) in [6, 6.07) is 0. The Balaban J connectivity index is 1.44. The summed E-state index contributed by atoms with van der Waals surface area (Å²) >= 11 is 0. The largest absolute Gasteiger partial charge is 0.342 e. The highest BCUT2D eigenvalue weighted by atomic mass is 16.2. The lowest BCUT2D eigenvalue weighted by Gasteiger charge is -2.49. The third-order valence-electron chi connectivity index (χ3n) is 6.64. The minimum atomic E-state index is 0.0845. The highest BCUT2D eigenvalue weighted by Gasteiger charge is 2.45. The Labute approximate surface area is 146 Å². The molecule has 0 bridgehead atoms. The van der Waals surface area contributed by atoms with E-state index < -0.39 is 0 Å². The van der Waals surface area contributed by atoms with Gasteiger partial charge < -0.3 is 9.80 Å². The summed E-state index contributed by atoms with van der Waals surface area (Å²) in [6.07, 6.45) is 3.09. The van der Waals surface area contributed by atoms with Crippen molar-refractivity contribution in [3.8, 4) is 0 Å². The molecule has 1 unspecified atom stereocenters. The molecular formula is C20H34N2O2. The Bertz CT molecular complexity index is 498. The topological polar surface area (TPSA) is 40.6 Å². The van der Waals surface area contributed by atoms with E-state index in [9.17, 15) is 9.59 Å². The van der Waals surface area contributed by atoms with E-state index >= 15 is 0 Å². The molecule has 136 valence electrons. The van der Waals surface area contributed by atoms with Crippen molar-refractivity contribution in [2.45, 2.75) is 53.9 Å². The van der Waals surface area contributed by atoms with Crippen LogP contribution in [0.3, 0.4) is 0 Å². The van der Waals surface area contributed by atoms with Crippen molar-refractivity contribution in [1.29, 1.82) is 0 Å². The average molecular weight is 335 g/mol. The van der Waals surface area contributed by atoms with E-state index in [-0.39, 0.29) is 11.3 Å². The maximum Gasteiger partial charge on any atom is 0.225 e. The van der Waals surface area contributed by atoms with Crippen LogP contribution in [0.1, 0.15) is 53.9 Å². The van der Waals surface area contributed by atoms with Crippen LogP contribution in [0, 0.1) is 35.0 Å². The van der Waals surface area contributed by atoms with E-state index in [4.69, 9.17) is 0 Å². The van der Waals surface area contributed by atoms with Crippen molar-refractivity contribution in [2.24, 2.45) is 35.0 Å². The van der Waals surface area contributed by atoms with Gasteiger partial charge in [-0.05, 0) is 42.4 Å². The van der Waals surface area contributed by atoms with Gasteiger partial charge in [-0.2, -0.15) is 0 Å². The van der Waals surface area contributed by atoms with Gasteiger partial charge in [0.05, 0.1) is 0 Å². The van der Waals surface area contributed by atoms with E-state index in [0.29, 0.717) is 35.5 Å². The maximum absolute atomic E-state index is 12.6. The molecular weight excluding hydrogens is 300 g/mol. The van der Waals surface area contributed by atoms with Gasteiger partial charge in [-0.1, -0.05) is 34.6 Å².